The SMILES string of the molecule is CO[C](C)=[Fe+].CP(C)C.C[C]1C(C)=C(C)C(C)=C1C.O=S(=O)([O-])C(F)(F)F.[C-]#[O+]. The molecule has 0 aromatic carbocycles. The monoisotopic (exact) mass is 502 g/mol. The van der Waals surface area contributed by atoms with E-state index in [1.807, 2.05) is 0 Å². The zero-order chi connectivity index (χ0) is 24.7. The summed E-state index contributed by atoms with van der Waals surface area (Å²) in [6.07, 6.45) is 0. The molecule has 1 rings (SSSR count). The molecule has 0 atom stereocenters. The van der Waals surface area contributed by atoms with Gasteiger partial charge in [0.05, 0.1) is 0 Å². The van der Waals surface area contributed by atoms with Crippen molar-refractivity contribution in [2.24, 2.45) is 0 Å². The van der Waals surface area contributed by atoms with E-state index in [-0.39, 0.29) is 0 Å². The molecule has 0 aromatic rings. The van der Waals surface area contributed by atoms with E-state index in [9.17, 15) is 13.2 Å². The molecule has 0 unspecified atom stereocenters. The molecule has 0 aliphatic heterocycles. The Labute approximate surface area is 182 Å². The predicted octanol–water partition coefficient (Wildman–Crippen LogP) is 4.97. The van der Waals surface area contributed by atoms with E-state index in [0.29, 0.717) is 7.92 Å². The first-order chi connectivity index (χ1) is 12.8. The summed E-state index contributed by atoms with van der Waals surface area (Å²) in [4.78, 5) is 0. The summed E-state index contributed by atoms with van der Waals surface area (Å²) >= 11 is 3.45. The van der Waals surface area contributed by atoms with Crippen LogP contribution in [0.5, 0.6) is 0 Å². The van der Waals surface area contributed by atoms with Gasteiger partial charge in [-0.1, -0.05) is 18.1 Å². The molecule has 0 aromatic heterocycles. The van der Waals surface area contributed by atoms with Crippen molar-refractivity contribution in [1.29, 1.82) is 0 Å². The van der Waals surface area contributed by atoms with Crippen molar-refractivity contribution in [2.45, 2.75) is 47.1 Å². The molecule has 1 aliphatic rings. The van der Waals surface area contributed by atoms with Gasteiger partial charge in [-0.05, 0) is 58.8 Å². The molecular formula is C18H30F3FeO5PS. The number of halogens is 3. The molecule has 5 nitrogen and oxygen atoms in total. The minimum atomic E-state index is -6.09. The zero-order valence-electron chi connectivity index (χ0n) is 18.4. The third-order valence-electron chi connectivity index (χ3n) is 3.37. The first kappa shape index (κ1) is 36.1. The Morgan fingerprint density at radius 1 is 1.00 bits per heavy atom. The van der Waals surface area contributed by atoms with Crippen molar-refractivity contribution in [1.82, 2.24) is 0 Å². The van der Waals surface area contributed by atoms with Crippen LogP contribution in [0.25, 0.3) is 0 Å². The van der Waals surface area contributed by atoms with Gasteiger partial charge < -0.3 is 4.55 Å². The summed E-state index contributed by atoms with van der Waals surface area (Å²) in [5, 5.41) is 0. The van der Waals surface area contributed by atoms with Crippen LogP contribution in [0.2, 0.25) is 0 Å². The van der Waals surface area contributed by atoms with Crippen molar-refractivity contribution >= 4 is 22.6 Å². The van der Waals surface area contributed by atoms with Crippen molar-refractivity contribution in [2.75, 3.05) is 27.1 Å². The van der Waals surface area contributed by atoms with E-state index in [4.69, 9.17) is 17.6 Å². The molecule has 0 N–H and O–H groups in total. The summed E-state index contributed by atoms with van der Waals surface area (Å²) in [6.45, 7) is 24.0. The second kappa shape index (κ2) is 17.4. The normalized spacial score (nSPS) is 13.8. The number of alkyl halides is 3. The fourth-order valence-electron chi connectivity index (χ4n) is 1.41. The van der Waals surface area contributed by atoms with Gasteiger partial charge >= 0.3 is 55.8 Å². The van der Waals surface area contributed by atoms with Crippen LogP contribution in [0.4, 0.5) is 13.2 Å². The molecule has 0 amide bonds. The van der Waals surface area contributed by atoms with E-state index in [2.05, 4.69) is 81.6 Å². The van der Waals surface area contributed by atoms with Gasteiger partial charge in [-0.3, -0.25) is 0 Å². The Bertz CT molecular complexity index is 655. The van der Waals surface area contributed by atoms with Gasteiger partial charge in [0.2, 0.25) is 0 Å². The number of allylic oxidation sites excluding steroid dienone is 4. The maximum atomic E-state index is 10.7. The molecule has 0 bridgehead atoms. The summed E-state index contributed by atoms with van der Waals surface area (Å²) < 4.78 is 71.7. The van der Waals surface area contributed by atoms with E-state index >= 15 is 0 Å². The second-order valence-corrected chi connectivity index (χ2v) is 10.9. The van der Waals surface area contributed by atoms with Crippen molar-refractivity contribution in [3.63, 3.8) is 0 Å². The van der Waals surface area contributed by atoms with Crippen LogP contribution in [0, 0.1) is 12.6 Å². The first-order valence-corrected chi connectivity index (χ1v) is 12.5. The van der Waals surface area contributed by atoms with Crippen LogP contribution >= 0.6 is 7.92 Å². The average molecular weight is 502 g/mol. The number of hydrogen-bond acceptors (Lipinski definition) is 4. The van der Waals surface area contributed by atoms with E-state index in [0.717, 1.165) is 4.60 Å². The van der Waals surface area contributed by atoms with Crippen LogP contribution in [0.1, 0.15) is 41.5 Å². The Balaban J connectivity index is -0.000000148. The van der Waals surface area contributed by atoms with Crippen molar-refractivity contribution in [3.05, 3.63) is 34.9 Å². The molecule has 0 saturated carbocycles. The third kappa shape index (κ3) is 19.4. The number of rotatable bonds is 1. The van der Waals surface area contributed by atoms with E-state index in [1.165, 1.54) is 28.2 Å². The van der Waals surface area contributed by atoms with Gasteiger partial charge in [0.15, 0.2) is 10.1 Å². The standard InChI is InChI=1S/C10H15.C3H6O.C3H9P.CHF3O3S.CO.Fe/c1-6-7(2)9(4)10(5)8(6)3;1-3-4-2;1-4(2)3;2-1(3,4)8(5,6)7;1-2;/h1-5H3;1-2H3;1-3H3;(H,5,6,7);;/q;;;;;+1/p-1. The fourth-order valence-corrected chi connectivity index (χ4v) is 1.41. The van der Waals surface area contributed by atoms with Gasteiger partial charge in [0.1, 0.15) is 0 Å². The topological polar surface area (TPSA) is 86.3 Å². The molecular weight excluding hydrogens is 472 g/mol. The fraction of sp³-hybridized carbons (Fsp3) is 0.611. The predicted molar refractivity (Wildman–Crippen MR) is 108 cm³/mol. The van der Waals surface area contributed by atoms with Crippen molar-refractivity contribution in [3.8, 4) is 0 Å². The van der Waals surface area contributed by atoms with Crippen LogP contribution in [-0.4, -0.2) is 50.2 Å². The van der Waals surface area contributed by atoms with Gasteiger partial charge in [-0.15, -0.1) is 7.92 Å². The van der Waals surface area contributed by atoms with Crippen LogP contribution in [0.15, 0.2) is 22.3 Å². The summed E-state index contributed by atoms with van der Waals surface area (Å²) in [5.74, 6) is 1.47. The zero-order valence-corrected chi connectivity index (χ0v) is 21.2. The number of methoxy groups -OCH3 is 1. The summed E-state index contributed by atoms with van der Waals surface area (Å²) in [7, 11) is -4.11. The molecule has 11 heteroatoms. The number of ether oxygens (including phenoxy) is 1. The molecule has 0 heterocycles. The van der Waals surface area contributed by atoms with Gasteiger partial charge in [-0.25, -0.2) is 8.42 Å². The summed E-state index contributed by atoms with van der Waals surface area (Å²) in [6, 6.07) is 0. The third-order valence-corrected chi connectivity index (χ3v) is 4.16. The van der Waals surface area contributed by atoms with E-state index < -0.39 is 15.6 Å². The summed E-state index contributed by atoms with van der Waals surface area (Å²) in [5.41, 5.74) is 0.225. The van der Waals surface area contributed by atoms with E-state index in [1.54, 1.807) is 14.0 Å². The Morgan fingerprint density at radius 2 is 1.17 bits per heavy atom. The first-order valence-electron chi connectivity index (χ1n) is 7.86. The van der Waals surface area contributed by atoms with Crippen LogP contribution in [-0.2, 0) is 35.1 Å². The second-order valence-electron chi connectivity index (χ2n) is 6.02. The van der Waals surface area contributed by atoms with Crippen LogP contribution < -0.4 is 0 Å². The molecule has 1 radical (unpaired) electrons. The maximum absolute atomic E-state index is 10.7. The Morgan fingerprint density at radius 3 is 1.21 bits per heavy atom. The molecule has 29 heavy (non-hydrogen) atoms. The van der Waals surface area contributed by atoms with Crippen LogP contribution in [0.3, 0.4) is 0 Å². The number of hydrogen-bond donors (Lipinski definition) is 0. The van der Waals surface area contributed by atoms with Gasteiger partial charge in [-0.2, -0.15) is 13.2 Å². The average Bonchev–Trinajstić information content (AvgIpc) is 2.73. The minimum absolute atomic E-state index is 0.380. The molecule has 172 valence electrons. The molecule has 0 spiro atoms. The van der Waals surface area contributed by atoms with Gasteiger partial charge in [0, 0.05) is 5.92 Å². The van der Waals surface area contributed by atoms with Crippen molar-refractivity contribution < 1.29 is 51.1 Å². The van der Waals surface area contributed by atoms with Gasteiger partial charge in [0.25, 0.3) is 0 Å². The Hall–Kier alpha value is -0.301. The quantitative estimate of drug-likeness (QED) is 0.127. The molecule has 1 aliphatic carbocycles. The molecule has 0 fully saturated rings. The Kier molecular flexibility index (Phi) is 21.6. The molecule has 0 saturated heterocycles.